The highest BCUT2D eigenvalue weighted by Crippen LogP contribution is 2.15. The van der Waals surface area contributed by atoms with Gasteiger partial charge in [0.05, 0.1) is 24.3 Å². The molecule has 0 bridgehead atoms. The monoisotopic (exact) mass is 324 g/mol. The van der Waals surface area contributed by atoms with E-state index in [-0.39, 0.29) is 6.03 Å². The lowest BCUT2D eigenvalue weighted by Gasteiger charge is -2.43. The van der Waals surface area contributed by atoms with E-state index in [4.69, 9.17) is 4.74 Å². The van der Waals surface area contributed by atoms with Gasteiger partial charge in [-0.1, -0.05) is 6.92 Å². The summed E-state index contributed by atoms with van der Waals surface area (Å²) in [6.45, 7) is 7.85. The Balaban J connectivity index is 1.42. The van der Waals surface area contributed by atoms with Gasteiger partial charge < -0.3 is 15.0 Å². The van der Waals surface area contributed by atoms with E-state index in [0.29, 0.717) is 12.6 Å². The van der Waals surface area contributed by atoms with Gasteiger partial charge in [0.25, 0.3) is 0 Å². The molecular formula is C15H24N4O2S. The molecule has 0 radical (unpaired) electrons. The van der Waals surface area contributed by atoms with Crippen LogP contribution in [0.3, 0.4) is 0 Å². The number of nitrogens with one attached hydrogen (secondary N) is 1. The van der Waals surface area contributed by atoms with Crippen LogP contribution in [0.1, 0.15) is 16.8 Å². The third kappa shape index (κ3) is 3.77. The molecule has 22 heavy (non-hydrogen) atoms. The summed E-state index contributed by atoms with van der Waals surface area (Å²) in [5.41, 5.74) is 0. The van der Waals surface area contributed by atoms with Crippen LogP contribution in [-0.4, -0.2) is 72.8 Å². The summed E-state index contributed by atoms with van der Waals surface area (Å²) in [4.78, 5) is 22.3. The molecule has 1 aromatic rings. The van der Waals surface area contributed by atoms with Gasteiger partial charge in [0.15, 0.2) is 0 Å². The van der Waals surface area contributed by atoms with Crippen molar-refractivity contribution in [3.8, 4) is 0 Å². The number of morpholine rings is 1. The fourth-order valence-electron chi connectivity index (χ4n) is 2.95. The van der Waals surface area contributed by atoms with Crippen LogP contribution in [0.5, 0.6) is 0 Å². The van der Waals surface area contributed by atoms with Crippen molar-refractivity contribution in [1.82, 2.24) is 20.1 Å². The molecule has 122 valence electrons. The van der Waals surface area contributed by atoms with Crippen LogP contribution in [0, 0.1) is 0 Å². The first kappa shape index (κ1) is 15.7. The van der Waals surface area contributed by atoms with Gasteiger partial charge in [-0.25, -0.2) is 9.78 Å². The molecule has 1 atom stereocenters. The van der Waals surface area contributed by atoms with Gasteiger partial charge in [0.1, 0.15) is 0 Å². The molecule has 2 saturated heterocycles. The Morgan fingerprint density at radius 2 is 2.41 bits per heavy atom. The highest BCUT2D eigenvalue weighted by atomic mass is 32.1. The van der Waals surface area contributed by atoms with E-state index >= 15 is 0 Å². The number of piperazine rings is 1. The van der Waals surface area contributed by atoms with Crippen molar-refractivity contribution < 1.29 is 9.53 Å². The number of nitrogens with zero attached hydrogens (tertiary/aromatic N) is 3. The maximum Gasteiger partial charge on any atom is 0.317 e. The number of hydrogen-bond donors (Lipinski definition) is 1. The number of carbonyl (C=O) groups is 1. The Bertz CT molecular complexity index is 507. The molecule has 1 unspecified atom stereocenters. The number of fused-ring (bicyclic) bond motifs is 1. The zero-order valence-electron chi connectivity index (χ0n) is 13.1. The van der Waals surface area contributed by atoms with Crippen molar-refractivity contribution in [3.05, 3.63) is 16.1 Å². The number of amides is 2. The normalized spacial score (nSPS) is 22.4. The Morgan fingerprint density at radius 3 is 3.23 bits per heavy atom. The Kier molecular flexibility index (Phi) is 5.28. The number of thiazole rings is 1. The third-order valence-corrected chi connectivity index (χ3v) is 5.49. The van der Waals surface area contributed by atoms with Crippen molar-refractivity contribution >= 4 is 17.4 Å². The molecule has 2 amide bonds. The lowest BCUT2D eigenvalue weighted by molar-refractivity contribution is -0.0364. The number of rotatable bonds is 4. The van der Waals surface area contributed by atoms with Gasteiger partial charge in [0, 0.05) is 50.2 Å². The third-order valence-electron chi connectivity index (χ3n) is 4.29. The molecule has 1 N–H and O–H groups in total. The van der Waals surface area contributed by atoms with E-state index in [2.05, 4.69) is 22.1 Å². The molecule has 7 heteroatoms. The largest absolute Gasteiger partial charge is 0.378 e. The van der Waals surface area contributed by atoms with E-state index in [1.54, 1.807) is 11.3 Å². The molecule has 3 heterocycles. The number of hydrogen-bond acceptors (Lipinski definition) is 5. The van der Waals surface area contributed by atoms with Gasteiger partial charge in [0.2, 0.25) is 0 Å². The summed E-state index contributed by atoms with van der Waals surface area (Å²) in [5, 5.41) is 4.12. The molecule has 2 aliphatic heterocycles. The van der Waals surface area contributed by atoms with Crippen molar-refractivity contribution in [3.63, 3.8) is 0 Å². The van der Waals surface area contributed by atoms with E-state index in [0.717, 1.165) is 57.2 Å². The van der Waals surface area contributed by atoms with E-state index in [1.165, 1.54) is 4.88 Å². The minimum absolute atomic E-state index is 0.0393. The first-order chi connectivity index (χ1) is 10.8. The average Bonchev–Trinajstić information content (AvgIpc) is 3.02. The molecule has 3 rings (SSSR count). The topological polar surface area (TPSA) is 57.7 Å². The van der Waals surface area contributed by atoms with Crippen LogP contribution < -0.4 is 5.32 Å². The van der Waals surface area contributed by atoms with Crippen molar-refractivity contribution in [2.45, 2.75) is 25.8 Å². The fourth-order valence-corrected chi connectivity index (χ4v) is 3.81. The molecule has 0 aliphatic carbocycles. The maximum atomic E-state index is 12.3. The quantitative estimate of drug-likeness (QED) is 0.897. The van der Waals surface area contributed by atoms with E-state index in [9.17, 15) is 4.79 Å². The summed E-state index contributed by atoms with van der Waals surface area (Å²) < 4.78 is 5.51. The second kappa shape index (κ2) is 7.39. The maximum absolute atomic E-state index is 12.3. The van der Waals surface area contributed by atoms with E-state index in [1.807, 2.05) is 11.1 Å². The second-order valence-electron chi connectivity index (χ2n) is 5.77. The first-order valence-corrected chi connectivity index (χ1v) is 8.86. The van der Waals surface area contributed by atoms with E-state index < -0.39 is 0 Å². The minimum Gasteiger partial charge on any atom is -0.378 e. The molecule has 0 saturated carbocycles. The predicted octanol–water partition coefficient (Wildman–Crippen LogP) is 0.974. The molecule has 0 spiro atoms. The van der Waals surface area contributed by atoms with Gasteiger partial charge >= 0.3 is 6.03 Å². The zero-order chi connectivity index (χ0) is 15.4. The summed E-state index contributed by atoms with van der Waals surface area (Å²) in [6, 6.07) is 0.400. The number of ether oxygens (including phenoxy) is 1. The lowest BCUT2D eigenvalue weighted by Crippen LogP contribution is -2.60. The van der Waals surface area contributed by atoms with Gasteiger partial charge in [-0.2, -0.15) is 0 Å². The first-order valence-electron chi connectivity index (χ1n) is 8.04. The summed E-state index contributed by atoms with van der Waals surface area (Å²) in [5.74, 6) is 0. The standard InChI is InChI=1S/C15H24N4O2S/c1-2-13-9-17-14(22-13)3-4-16-15(20)19-6-5-18-7-8-21-11-12(18)10-19/h9,12H,2-8,10-11H2,1H3,(H,16,20). The minimum atomic E-state index is 0.0393. The highest BCUT2D eigenvalue weighted by molar-refractivity contribution is 7.11. The number of urea groups is 1. The van der Waals surface area contributed by atoms with Crippen molar-refractivity contribution in [2.24, 2.45) is 0 Å². The summed E-state index contributed by atoms with van der Waals surface area (Å²) in [7, 11) is 0. The Labute approximate surface area is 135 Å². The Morgan fingerprint density at radius 1 is 1.50 bits per heavy atom. The number of aryl methyl sites for hydroxylation is 1. The van der Waals surface area contributed by atoms with Crippen molar-refractivity contribution in [1.29, 1.82) is 0 Å². The molecule has 1 aromatic heterocycles. The van der Waals surface area contributed by atoms with Crippen LogP contribution in [0.25, 0.3) is 0 Å². The number of carbonyl (C=O) groups excluding carboxylic acids is 1. The van der Waals surface area contributed by atoms with Gasteiger partial charge in [-0.15, -0.1) is 11.3 Å². The molecule has 2 fully saturated rings. The highest BCUT2D eigenvalue weighted by Gasteiger charge is 2.31. The van der Waals surface area contributed by atoms with Crippen LogP contribution in [0.15, 0.2) is 6.20 Å². The Hall–Kier alpha value is -1.18. The predicted molar refractivity (Wildman–Crippen MR) is 86.3 cm³/mol. The SMILES string of the molecule is CCc1cnc(CCNC(=O)N2CCN3CCOCC3C2)s1. The zero-order valence-corrected chi connectivity index (χ0v) is 13.9. The van der Waals surface area contributed by atoms with Crippen LogP contribution in [0.4, 0.5) is 4.79 Å². The van der Waals surface area contributed by atoms with Crippen LogP contribution in [-0.2, 0) is 17.6 Å². The average molecular weight is 324 g/mol. The van der Waals surface area contributed by atoms with Gasteiger partial charge in [-0.05, 0) is 6.42 Å². The second-order valence-corrected chi connectivity index (χ2v) is 6.97. The molecular weight excluding hydrogens is 300 g/mol. The van der Waals surface area contributed by atoms with Gasteiger partial charge in [-0.3, -0.25) is 4.90 Å². The van der Waals surface area contributed by atoms with Crippen LogP contribution in [0.2, 0.25) is 0 Å². The molecule has 2 aliphatic rings. The smallest absolute Gasteiger partial charge is 0.317 e. The molecule has 6 nitrogen and oxygen atoms in total. The van der Waals surface area contributed by atoms with Crippen molar-refractivity contribution in [2.75, 3.05) is 45.9 Å². The fraction of sp³-hybridized carbons (Fsp3) is 0.733. The lowest BCUT2D eigenvalue weighted by atomic mass is 10.1. The summed E-state index contributed by atoms with van der Waals surface area (Å²) in [6.07, 6.45) is 3.77. The number of aromatic nitrogens is 1. The molecule has 0 aromatic carbocycles. The summed E-state index contributed by atoms with van der Waals surface area (Å²) >= 11 is 1.74. The van der Waals surface area contributed by atoms with Crippen LogP contribution >= 0.6 is 11.3 Å².